The van der Waals surface area contributed by atoms with Crippen molar-refractivity contribution in [2.45, 2.75) is 13.0 Å². The van der Waals surface area contributed by atoms with Crippen molar-refractivity contribution in [1.82, 2.24) is 24.4 Å². The number of β-lactam (4-membered cyclic amide) rings is 1. The molecule has 1 atom stereocenters. The number of allylic oxidation sites excluding steroid dienone is 1. The molecule has 4 heterocycles. The Morgan fingerprint density at radius 1 is 1.23 bits per heavy atom. The van der Waals surface area contributed by atoms with Gasteiger partial charge in [-0.25, -0.2) is 13.9 Å². The van der Waals surface area contributed by atoms with Crippen LogP contribution >= 0.6 is 0 Å². The van der Waals surface area contributed by atoms with E-state index in [0.29, 0.717) is 29.1 Å². The quantitative estimate of drug-likeness (QED) is 0.401. The summed E-state index contributed by atoms with van der Waals surface area (Å²) in [5, 5.41) is 4.48. The number of aromatic nitrogens is 3. The minimum absolute atomic E-state index is 0.0690. The minimum atomic E-state index is -0.508. The fourth-order valence-corrected chi connectivity index (χ4v) is 4.74. The number of nitrogens with zero attached hydrogens (tertiary/aromatic N) is 7. The highest BCUT2D eigenvalue weighted by Crippen LogP contribution is 2.37. The van der Waals surface area contributed by atoms with Gasteiger partial charge in [-0.3, -0.25) is 14.7 Å². The summed E-state index contributed by atoms with van der Waals surface area (Å²) in [7, 11) is 3.52. The topological polar surface area (TPSA) is 78.6 Å². The van der Waals surface area contributed by atoms with Gasteiger partial charge in [0.05, 0.1) is 43.6 Å². The molecule has 35 heavy (non-hydrogen) atoms. The Hall–Kier alpha value is -3.63. The highest BCUT2D eigenvalue weighted by molar-refractivity contribution is 6.04. The molecule has 3 aromatic rings. The molecule has 0 saturated carbocycles. The zero-order valence-corrected chi connectivity index (χ0v) is 20.1. The number of piperazine rings is 1. The molecule has 182 valence electrons. The molecule has 5 rings (SSSR count). The van der Waals surface area contributed by atoms with Gasteiger partial charge >= 0.3 is 0 Å². The highest BCUT2D eigenvalue weighted by Gasteiger charge is 2.42. The van der Waals surface area contributed by atoms with Gasteiger partial charge < -0.3 is 14.5 Å². The van der Waals surface area contributed by atoms with Crippen LogP contribution in [0.5, 0.6) is 5.75 Å². The van der Waals surface area contributed by atoms with Crippen molar-refractivity contribution in [3.05, 3.63) is 53.7 Å². The maximum atomic E-state index is 14.2. The number of likely N-dealkylation sites (N-methyl/N-ethyl adjacent to an activating group) is 1. The average molecular weight is 478 g/mol. The van der Waals surface area contributed by atoms with Crippen LogP contribution in [-0.2, 0) is 4.79 Å². The Morgan fingerprint density at radius 2 is 2.00 bits per heavy atom. The van der Waals surface area contributed by atoms with Gasteiger partial charge in [-0.1, -0.05) is 6.08 Å². The van der Waals surface area contributed by atoms with Gasteiger partial charge in [0, 0.05) is 43.4 Å². The second-order valence-corrected chi connectivity index (χ2v) is 8.81. The zero-order valence-electron chi connectivity index (χ0n) is 20.1. The van der Waals surface area contributed by atoms with Gasteiger partial charge in [0.25, 0.3) is 0 Å². The smallest absolute Gasteiger partial charge is 0.246 e. The second-order valence-electron chi connectivity index (χ2n) is 8.81. The molecule has 2 aromatic heterocycles. The van der Waals surface area contributed by atoms with Gasteiger partial charge in [0.2, 0.25) is 5.91 Å². The summed E-state index contributed by atoms with van der Waals surface area (Å²) < 4.78 is 21.1. The van der Waals surface area contributed by atoms with Crippen LogP contribution in [0.2, 0.25) is 0 Å². The van der Waals surface area contributed by atoms with Crippen LogP contribution in [0.15, 0.2) is 41.8 Å². The monoisotopic (exact) mass is 477 g/mol. The number of rotatable bonds is 6. The SMILES string of the molecule is C=Nc1cc(F)c(OC)cc1/C(=C\C)c1cnn2cc(N3CC(N4CCN(C)CC4)C3=O)cnc12. The molecule has 2 aliphatic heterocycles. The molecule has 10 heteroatoms. The third-order valence-electron chi connectivity index (χ3n) is 6.85. The molecule has 9 nitrogen and oxygen atoms in total. The van der Waals surface area contributed by atoms with Crippen LogP contribution in [0.4, 0.5) is 15.8 Å². The molecular weight excluding hydrogens is 449 g/mol. The second kappa shape index (κ2) is 9.20. The number of carbonyl (C=O) groups is 1. The van der Waals surface area contributed by atoms with E-state index in [1.807, 2.05) is 19.2 Å². The number of amides is 1. The minimum Gasteiger partial charge on any atom is -0.494 e. The molecular formula is C25H28FN7O2. The van der Waals surface area contributed by atoms with Crippen molar-refractivity contribution >= 4 is 35.2 Å². The first-order chi connectivity index (χ1) is 16.9. The van der Waals surface area contributed by atoms with Crippen molar-refractivity contribution in [3.8, 4) is 5.75 Å². The van der Waals surface area contributed by atoms with Crippen LogP contribution in [0.1, 0.15) is 18.1 Å². The van der Waals surface area contributed by atoms with Crippen LogP contribution in [0.3, 0.4) is 0 Å². The molecule has 0 bridgehead atoms. The maximum Gasteiger partial charge on any atom is 0.246 e. The Balaban J connectivity index is 1.42. The first-order valence-electron chi connectivity index (χ1n) is 11.5. The molecule has 2 saturated heterocycles. The number of halogens is 1. The van der Waals surface area contributed by atoms with E-state index in [0.717, 1.165) is 37.3 Å². The molecule has 0 radical (unpaired) electrons. The van der Waals surface area contributed by atoms with E-state index in [1.54, 1.807) is 27.9 Å². The van der Waals surface area contributed by atoms with Crippen LogP contribution in [0, 0.1) is 5.82 Å². The third-order valence-corrected chi connectivity index (χ3v) is 6.85. The van der Waals surface area contributed by atoms with E-state index in [-0.39, 0.29) is 17.7 Å². The summed E-state index contributed by atoms with van der Waals surface area (Å²) >= 11 is 0. The maximum absolute atomic E-state index is 14.2. The van der Waals surface area contributed by atoms with Crippen molar-refractivity contribution in [1.29, 1.82) is 0 Å². The van der Waals surface area contributed by atoms with Gasteiger partial charge in [-0.05, 0) is 32.3 Å². The number of methoxy groups -OCH3 is 1. The molecule has 0 spiro atoms. The van der Waals surface area contributed by atoms with Gasteiger partial charge in [-0.15, -0.1) is 0 Å². The van der Waals surface area contributed by atoms with E-state index in [2.05, 4.69) is 38.6 Å². The summed E-state index contributed by atoms with van der Waals surface area (Å²) in [6, 6.07) is 2.83. The van der Waals surface area contributed by atoms with Crippen molar-refractivity contribution in [2.24, 2.45) is 4.99 Å². The molecule has 0 aliphatic carbocycles. The third kappa shape index (κ3) is 3.98. The van der Waals surface area contributed by atoms with E-state index in [1.165, 1.54) is 13.2 Å². The molecule has 2 fully saturated rings. The molecule has 1 aromatic carbocycles. The van der Waals surface area contributed by atoms with E-state index in [9.17, 15) is 9.18 Å². The Bertz CT molecular complexity index is 1330. The molecule has 1 unspecified atom stereocenters. The number of benzene rings is 1. The average Bonchev–Trinajstić information content (AvgIpc) is 3.28. The Labute approximate surface area is 203 Å². The number of anilines is 1. The van der Waals surface area contributed by atoms with Crippen LogP contribution in [0.25, 0.3) is 11.2 Å². The van der Waals surface area contributed by atoms with E-state index < -0.39 is 5.82 Å². The van der Waals surface area contributed by atoms with Gasteiger partial charge in [-0.2, -0.15) is 5.10 Å². The normalized spacial score (nSPS) is 19.8. The van der Waals surface area contributed by atoms with Crippen molar-refractivity contribution < 1.29 is 13.9 Å². The van der Waals surface area contributed by atoms with Crippen molar-refractivity contribution in [2.75, 3.05) is 51.8 Å². The summed E-state index contributed by atoms with van der Waals surface area (Å²) in [5.41, 5.74) is 3.91. The van der Waals surface area contributed by atoms with Crippen LogP contribution < -0.4 is 9.64 Å². The number of ether oxygens (including phenoxy) is 1. The molecule has 0 N–H and O–H groups in total. The Kier molecular flexibility index (Phi) is 6.08. The number of carbonyl (C=O) groups excluding carboxylic acids is 1. The fourth-order valence-electron chi connectivity index (χ4n) is 4.74. The first-order valence-corrected chi connectivity index (χ1v) is 11.5. The largest absolute Gasteiger partial charge is 0.494 e. The lowest BCUT2D eigenvalue weighted by Crippen LogP contribution is -2.66. The zero-order chi connectivity index (χ0) is 24.7. The van der Waals surface area contributed by atoms with Gasteiger partial charge in [0.15, 0.2) is 17.2 Å². The highest BCUT2D eigenvalue weighted by atomic mass is 19.1. The number of hydrogen-bond donors (Lipinski definition) is 0. The lowest BCUT2D eigenvalue weighted by Gasteiger charge is -2.46. The predicted molar refractivity (Wildman–Crippen MR) is 133 cm³/mol. The first kappa shape index (κ1) is 23.1. The fraction of sp³-hybridized carbons (Fsp3) is 0.360. The van der Waals surface area contributed by atoms with Gasteiger partial charge in [0.1, 0.15) is 6.04 Å². The summed E-state index contributed by atoms with van der Waals surface area (Å²) in [6.45, 7) is 9.87. The van der Waals surface area contributed by atoms with E-state index >= 15 is 0 Å². The summed E-state index contributed by atoms with van der Waals surface area (Å²) in [5.74, 6) is -0.298. The lowest BCUT2D eigenvalue weighted by molar-refractivity contribution is -0.129. The summed E-state index contributed by atoms with van der Waals surface area (Å²) in [4.78, 5) is 27.8. The van der Waals surface area contributed by atoms with Crippen LogP contribution in [-0.4, -0.2) is 89.9 Å². The number of fused-ring (bicyclic) bond motifs is 1. The Morgan fingerprint density at radius 3 is 2.66 bits per heavy atom. The van der Waals surface area contributed by atoms with Crippen molar-refractivity contribution in [3.63, 3.8) is 0 Å². The lowest BCUT2D eigenvalue weighted by atomic mass is 9.97. The molecule has 2 aliphatic rings. The number of aliphatic imine (C=N–C) groups is 1. The number of hydrogen-bond acceptors (Lipinski definition) is 7. The summed E-state index contributed by atoms with van der Waals surface area (Å²) in [6.07, 6.45) is 7.11. The predicted octanol–water partition coefficient (Wildman–Crippen LogP) is 2.62. The van der Waals surface area contributed by atoms with E-state index in [4.69, 9.17) is 4.74 Å². The standard InChI is InChI=1S/C25H28FN7O2/c1-5-17(18-10-23(35-4)20(26)11-21(18)27-2)19-13-29-33-14-16(12-28-24(19)33)32-15-22(25(32)34)31-8-6-30(3)7-9-31/h5,10-14,22H,2,6-9,15H2,1,3-4H3/b17-5+. The molecule has 1 amide bonds.